The highest BCUT2D eigenvalue weighted by molar-refractivity contribution is 5.79. The van der Waals surface area contributed by atoms with Crippen molar-refractivity contribution < 1.29 is 5.11 Å². The Morgan fingerprint density at radius 3 is 2.42 bits per heavy atom. The molecule has 1 aliphatic rings. The minimum absolute atomic E-state index is 0.271. The molecular formula is C27H23N3O. The van der Waals surface area contributed by atoms with Gasteiger partial charge in [0.1, 0.15) is 5.54 Å². The van der Waals surface area contributed by atoms with Crippen LogP contribution in [0.25, 0.3) is 16.7 Å². The van der Waals surface area contributed by atoms with Gasteiger partial charge in [-0.15, -0.1) is 0 Å². The first-order valence-corrected chi connectivity index (χ1v) is 10.2. The molecule has 0 amide bonds. The molecule has 1 N–H and O–H groups in total. The summed E-state index contributed by atoms with van der Waals surface area (Å²) in [5.41, 5.74) is 5.70. The van der Waals surface area contributed by atoms with Gasteiger partial charge < -0.3 is 5.11 Å². The smallest absolute Gasteiger partial charge is 0.112 e. The van der Waals surface area contributed by atoms with Gasteiger partial charge in [-0.25, -0.2) is 0 Å². The Bertz CT molecular complexity index is 1250. The molecule has 0 aromatic heterocycles. The molecule has 0 spiro atoms. The van der Waals surface area contributed by atoms with Crippen LogP contribution in [0.5, 0.6) is 0 Å². The van der Waals surface area contributed by atoms with Crippen molar-refractivity contribution in [2.45, 2.75) is 25.8 Å². The van der Waals surface area contributed by atoms with Gasteiger partial charge in [0.25, 0.3) is 0 Å². The van der Waals surface area contributed by atoms with Crippen LogP contribution in [0.4, 0.5) is 5.69 Å². The van der Waals surface area contributed by atoms with Gasteiger partial charge in [-0.2, -0.15) is 15.5 Å². The summed E-state index contributed by atoms with van der Waals surface area (Å²) in [7, 11) is 0. The van der Waals surface area contributed by atoms with Gasteiger partial charge in [-0.3, -0.25) is 0 Å². The average Bonchev–Trinajstić information content (AvgIpc) is 2.79. The first kappa shape index (κ1) is 20.3. The van der Waals surface area contributed by atoms with Crippen LogP contribution >= 0.6 is 0 Å². The predicted molar refractivity (Wildman–Crippen MR) is 124 cm³/mol. The molecule has 0 saturated carbocycles. The number of aryl methyl sites for hydroxylation is 1. The van der Waals surface area contributed by atoms with Crippen molar-refractivity contribution in [1.82, 2.24) is 0 Å². The van der Waals surface area contributed by atoms with Crippen LogP contribution in [0.3, 0.4) is 0 Å². The van der Waals surface area contributed by atoms with Crippen molar-refractivity contribution >= 4 is 11.3 Å². The van der Waals surface area contributed by atoms with Crippen LogP contribution < -0.4 is 0 Å². The number of rotatable bonds is 4. The lowest BCUT2D eigenvalue weighted by Gasteiger charge is -2.30. The van der Waals surface area contributed by atoms with Gasteiger partial charge in [0, 0.05) is 12.0 Å². The SMILES string of the molecule is Cc1cc(C#N)ccc1C1=CC=C(O)CC1(C)N=Nc1ccccc1-c1ccccc1. The Kier molecular flexibility index (Phi) is 5.51. The minimum atomic E-state index is -0.735. The molecule has 3 aromatic rings. The second-order valence-corrected chi connectivity index (χ2v) is 7.91. The molecular weight excluding hydrogens is 382 g/mol. The number of aliphatic hydroxyl groups excluding tert-OH is 1. The van der Waals surface area contributed by atoms with Crippen LogP contribution in [0.2, 0.25) is 0 Å². The highest BCUT2D eigenvalue weighted by atomic mass is 16.3. The number of nitriles is 1. The lowest BCUT2D eigenvalue weighted by molar-refractivity contribution is 0.355. The molecule has 0 fully saturated rings. The van der Waals surface area contributed by atoms with E-state index in [0.717, 1.165) is 33.5 Å². The summed E-state index contributed by atoms with van der Waals surface area (Å²) in [6, 6.07) is 25.8. The number of hydrogen-bond donors (Lipinski definition) is 1. The van der Waals surface area contributed by atoms with E-state index in [2.05, 4.69) is 23.3 Å². The predicted octanol–water partition coefficient (Wildman–Crippen LogP) is 7.31. The third-order valence-electron chi connectivity index (χ3n) is 5.56. The second-order valence-electron chi connectivity index (χ2n) is 7.91. The Labute approximate surface area is 182 Å². The molecule has 0 aliphatic heterocycles. The Morgan fingerprint density at radius 2 is 1.68 bits per heavy atom. The maximum absolute atomic E-state index is 10.3. The first-order valence-electron chi connectivity index (χ1n) is 10.2. The van der Waals surface area contributed by atoms with Crippen LogP contribution in [0.15, 0.2) is 101 Å². The lowest BCUT2D eigenvalue weighted by Crippen LogP contribution is -2.27. The minimum Gasteiger partial charge on any atom is -0.512 e. The first-order chi connectivity index (χ1) is 15.0. The Morgan fingerprint density at radius 1 is 0.935 bits per heavy atom. The zero-order valence-electron chi connectivity index (χ0n) is 17.6. The van der Waals surface area contributed by atoms with E-state index in [1.54, 1.807) is 6.08 Å². The molecule has 152 valence electrons. The summed E-state index contributed by atoms with van der Waals surface area (Å²) in [6.07, 6.45) is 3.97. The monoisotopic (exact) mass is 405 g/mol. The van der Waals surface area contributed by atoms with Gasteiger partial charge in [0.2, 0.25) is 0 Å². The molecule has 4 rings (SSSR count). The maximum atomic E-state index is 10.3. The van der Waals surface area contributed by atoms with E-state index >= 15 is 0 Å². The molecule has 31 heavy (non-hydrogen) atoms. The Hall–Kier alpha value is -3.97. The molecule has 1 aliphatic carbocycles. The van der Waals surface area contributed by atoms with Gasteiger partial charge in [0.05, 0.1) is 23.1 Å². The van der Waals surface area contributed by atoms with Crippen molar-refractivity contribution in [3.8, 4) is 17.2 Å². The number of benzene rings is 3. The van der Waals surface area contributed by atoms with Crippen LogP contribution in [0, 0.1) is 18.3 Å². The van der Waals surface area contributed by atoms with E-state index in [-0.39, 0.29) is 5.76 Å². The van der Waals surface area contributed by atoms with Crippen LogP contribution in [-0.4, -0.2) is 10.6 Å². The lowest BCUT2D eigenvalue weighted by atomic mass is 9.79. The molecule has 3 aromatic carbocycles. The van der Waals surface area contributed by atoms with Crippen LogP contribution in [0.1, 0.15) is 30.0 Å². The van der Waals surface area contributed by atoms with Gasteiger partial charge in [0.15, 0.2) is 0 Å². The van der Waals surface area contributed by atoms with E-state index in [1.807, 2.05) is 80.6 Å². The Balaban J connectivity index is 1.76. The number of azo groups is 1. The summed E-state index contributed by atoms with van der Waals surface area (Å²) < 4.78 is 0. The number of allylic oxidation sites excluding steroid dienone is 2. The molecule has 4 nitrogen and oxygen atoms in total. The number of nitrogens with zero attached hydrogens (tertiary/aromatic N) is 3. The largest absolute Gasteiger partial charge is 0.512 e. The van der Waals surface area contributed by atoms with Gasteiger partial charge in [-0.1, -0.05) is 60.7 Å². The fourth-order valence-corrected chi connectivity index (χ4v) is 3.96. The van der Waals surface area contributed by atoms with Gasteiger partial charge >= 0.3 is 0 Å². The van der Waals surface area contributed by atoms with Crippen molar-refractivity contribution in [1.29, 1.82) is 5.26 Å². The van der Waals surface area contributed by atoms with Gasteiger partial charge in [-0.05, 0) is 60.4 Å². The number of aliphatic hydroxyl groups is 1. The third-order valence-corrected chi connectivity index (χ3v) is 5.56. The third kappa shape index (κ3) is 4.17. The van der Waals surface area contributed by atoms with Crippen molar-refractivity contribution in [2.24, 2.45) is 10.2 Å². The topological polar surface area (TPSA) is 68.7 Å². The maximum Gasteiger partial charge on any atom is 0.112 e. The number of hydrogen-bond acceptors (Lipinski definition) is 4. The molecule has 0 saturated heterocycles. The summed E-state index contributed by atoms with van der Waals surface area (Å²) in [5.74, 6) is 0.271. The highest BCUT2D eigenvalue weighted by Crippen LogP contribution is 2.41. The molecule has 4 heteroatoms. The zero-order valence-corrected chi connectivity index (χ0v) is 17.6. The van der Waals surface area contributed by atoms with E-state index < -0.39 is 5.54 Å². The van der Waals surface area contributed by atoms with E-state index in [9.17, 15) is 10.4 Å². The summed E-state index contributed by atoms with van der Waals surface area (Å²) in [5, 5.41) is 28.9. The highest BCUT2D eigenvalue weighted by Gasteiger charge is 2.34. The fourth-order valence-electron chi connectivity index (χ4n) is 3.96. The standard InChI is InChI=1S/C27H23N3O/c1-19-16-20(18-28)12-14-23(19)25-15-13-22(31)17-27(25,2)30-29-26-11-7-6-10-24(26)21-8-4-3-5-9-21/h3-16,31H,17H2,1-2H3. The molecule has 1 atom stereocenters. The van der Waals surface area contributed by atoms with E-state index in [1.165, 1.54) is 0 Å². The fraction of sp³-hybridized carbons (Fsp3) is 0.148. The summed E-state index contributed by atoms with van der Waals surface area (Å²) in [4.78, 5) is 0. The van der Waals surface area contributed by atoms with E-state index in [0.29, 0.717) is 12.0 Å². The van der Waals surface area contributed by atoms with E-state index in [4.69, 9.17) is 5.11 Å². The second kappa shape index (κ2) is 8.41. The van der Waals surface area contributed by atoms with Crippen molar-refractivity contribution in [3.05, 3.63) is 107 Å². The summed E-state index contributed by atoms with van der Waals surface area (Å²) >= 11 is 0. The molecule has 0 radical (unpaired) electrons. The molecule has 0 heterocycles. The zero-order chi connectivity index (χ0) is 21.8. The summed E-state index contributed by atoms with van der Waals surface area (Å²) in [6.45, 7) is 3.96. The average molecular weight is 406 g/mol. The van der Waals surface area contributed by atoms with Crippen molar-refractivity contribution in [2.75, 3.05) is 0 Å². The van der Waals surface area contributed by atoms with Crippen molar-refractivity contribution in [3.63, 3.8) is 0 Å². The quantitative estimate of drug-likeness (QED) is 0.462. The molecule has 1 unspecified atom stereocenters. The van der Waals surface area contributed by atoms with Crippen LogP contribution in [-0.2, 0) is 0 Å². The molecule has 0 bridgehead atoms. The normalized spacial score (nSPS) is 18.4.